The van der Waals surface area contributed by atoms with E-state index in [0.717, 1.165) is 37.3 Å². The maximum atomic E-state index is 5.33. The van der Waals surface area contributed by atoms with Gasteiger partial charge in [0.2, 0.25) is 0 Å². The van der Waals surface area contributed by atoms with E-state index in [9.17, 15) is 0 Å². The van der Waals surface area contributed by atoms with Gasteiger partial charge in [0.15, 0.2) is 0 Å². The van der Waals surface area contributed by atoms with Crippen LogP contribution in [0.4, 0.5) is 0 Å². The van der Waals surface area contributed by atoms with Crippen LogP contribution >= 0.6 is 0 Å². The van der Waals surface area contributed by atoms with Crippen molar-refractivity contribution in [2.45, 2.75) is 46.1 Å². The zero-order valence-electron chi connectivity index (χ0n) is 18.9. The van der Waals surface area contributed by atoms with Gasteiger partial charge in [-0.15, -0.1) is 0 Å². The summed E-state index contributed by atoms with van der Waals surface area (Å²) in [5.41, 5.74) is 7.61. The number of nitrogens with one attached hydrogen (secondary N) is 2. The molecule has 4 aromatic rings. The molecule has 0 radical (unpaired) electrons. The van der Waals surface area contributed by atoms with E-state index in [-0.39, 0.29) is 5.41 Å². The molecule has 0 aliphatic heterocycles. The highest BCUT2D eigenvalue weighted by molar-refractivity contribution is 6.10. The van der Waals surface area contributed by atoms with Crippen molar-refractivity contribution < 1.29 is 4.74 Å². The second-order valence-corrected chi connectivity index (χ2v) is 9.52. The van der Waals surface area contributed by atoms with Gasteiger partial charge in [0.1, 0.15) is 5.75 Å². The molecule has 2 aromatic carbocycles. The van der Waals surface area contributed by atoms with Gasteiger partial charge in [-0.25, -0.2) is 0 Å². The van der Waals surface area contributed by atoms with Crippen LogP contribution in [0.1, 0.15) is 55.7 Å². The van der Waals surface area contributed by atoms with Crippen molar-refractivity contribution in [2.75, 3.05) is 13.7 Å². The van der Waals surface area contributed by atoms with E-state index in [0.29, 0.717) is 6.04 Å². The molecule has 0 saturated heterocycles. The largest absolute Gasteiger partial charge is 0.497 e. The Hall–Kier alpha value is -2.85. The number of hydrogen-bond donors (Lipinski definition) is 2. The summed E-state index contributed by atoms with van der Waals surface area (Å²) in [5, 5.41) is 6.41. The maximum Gasteiger partial charge on any atom is 0.118 e. The van der Waals surface area contributed by atoms with Crippen molar-refractivity contribution in [2.24, 2.45) is 5.41 Å². The summed E-state index contributed by atoms with van der Waals surface area (Å²) < 4.78 is 5.33. The Morgan fingerprint density at radius 2 is 1.90 bits per heavy atom. The number of ether oxygens (including phenoxy) is 1. The Kier molecular flexibility index (Phi) is 4.98. The van der Waals surface area contributed by atoms with Crippen LogP contribution < -0.4 is 10.1 Å². The molecule has 0 bridgehead atoms. The second kappa shape index (κ2) is 7.69. The highest BCUT2D eigenvalue weighted by Gasteiger charge is 2.35. The number of pyridine rings is 1. The summed E-state index contributed by atoms with van der Waals surface area (Å²) >= 11 is 0. The van der Waals surface area contributed by atoms with Crippen LogP contribution in [0.5, 0.6) is 5.75 Å². The monoisotopic (exact) mass is 413 g/mol. The van der Waals surface area contributed by atoms with Gasteiger partial charge >= 0.3 is 0 Å². The van der Waals surface area contributed by atoms with E-state index in [4.69, 9.17) is 9.72 Å². The minimum Gasteiger partial charge on any atom is -0.497 e. The number of nitrogens with zero attached hydrogens (tertiary/aromatic N) is 1. The molecule has 31 heavy (non-hydrogen) atoms. The molecule has 1 aliphatic rings. The fraction of sp³-hybridized carbons (Fsp3) is 0.370. The van der Waals surface area contributed by atoms with Gasteiger partial charge in [-0.3, -0.25) is 4.98 Å². The van der Waals surface area contributed by atoms with Crippen LogP contribution in [0.2, 0.25) is 0 Å². The first-order valence-corrected chi connectivity index (χ1v) is 11.3. The number of para-hydroxylation sites is 1. The average molecular weight is 414 g/mol. The molecule has 2 heterocycles. The number of H-pyrrole nitrogens is 1. The predicted octanol–water partition coefficient (Wildman–Crippen LogP) is 5.94. The average Bonchev–Trinajstić information content (AvgIpc) is 3.13. The van der Waals surface area contributed by atoms with E-state index in [1.165, 1.54) is 38.6 Å². The highest BCUT2D eigenvalue weighted by atomic mass is 16.5. The number of hydrogen-bond acceptors (Lipinski definition) is 3. The molecule has 0 amide bonds. The fourth-order valence-corrected chi connectivity index (χ4v) is 5.24. The molecule has 4 heteroatoms. The summed E-state index contributed by atoms with van der Waals surface area (Å²) in [4.78, 5) is 9.01. The Morgan fingerprint density at radius 1 is 1.13 bits per heavy atom. The lowest BCUT2D eigenvalue weighted by molar-refractivity contribution is 0.257. The Labute approximate surface area is 184 Å². The third-order valence-corrected chi connectivity index (χ3v) is 6.58. The molecule has 0 fully saturated rings. The summed E-state index contributed by atoms with van der Waals surface area (Å²) in [5.74, 6) is 0.883. The van der Waals surface area contributed by atoms with E-state index >= 15 is 0 Å². The van der Waals surface area contributed by atoms with Gasteiger partial charge in [0.05, 0.1) is 18.3 Å². The van der Waals surface area contributed by atoms with E-state index < -0.39 is 0 Å². The topological polar surface area (TPSA) is 49.9 Å². The first-order valence-electron chi connectivity index (χ1n) is 11.3. The van der Waals surface area contributed by atoms with Gasteiger partial charge in [-0.05, 0) is 48.6 Å². The lowest BCUT2D eigenvalue weighted by Crippen LogP contribution is -2.34. The number of aromatic amines is 1. The van der Waals surface area contributed by atoms with Crippen LogP contribution in [0.15, 0.2) is 48.5 Å². The molecular formula is C27H31N3O. The quantitative estimate of drug-likeness (QED) is 0.426. The SMILES string of the molecule is CCNC1CC(C)(C)Cc2nc(Cc3ccc(OC)cc3)c3[nH]c4ccccc4c3c21. The molecule has 2 N–H and O–H groups in total. The number of benzene rings is 2. The Morgan fingerprint density at radius 3 is 2.65 bits per heavy atom. The summed E-state index contributed by atoms with van der Waals surface area (Å²) in [6.45, 7) is 7.88. The van der Waals surface area contributed by atoms with Crippen molar-refractivity contribution >= 4 is 21.8 Å². The first kappa shape index (κ1) is 20.1. The lowest BCUT2D eigenvalue weighted by atomic mass is 9.72. The standard InChI is InChI=1S/C27H31N3O/c1-5-28-22-15-27(2,3)16-23-25(22)24-19-8-6-7-9-20(19)30-26(24)21(29-23)14-17-10-12-18(31-4)13-11-17/h6-13,22,28,30H,5,14-16H2,1-4H3. The third kappa shape index (κ3) is 3.59. The molecule has 0 saturated carbocycles. The molecule has 0 spiro atoms. The molecule has 160 valence electrons. The van der Waals surface area contributed by atoms with Gasteiger partial charge < -0.3 is 15.0 Å². The van der Waals surface area contributed by atoms with Gasteiger partial charge in [0.25, 0.3) is 0 Å². The lowest BCUT2D eigenvalue weighted by Gasteiger charge is -2.37. The third-order valence-electron chi connectivity index (χ3n) is 6.58. The van der Waals surface area contributed by atoms with Crippen LogP contribution in [0, 0.1) is 5.41 Å². The Balaban J connectivity index is 1.74. The normalized spacial score (nSPS) is 17.7. The zero-order chi connectivity index (χ0) is 21.6. The van der Waals surface area contributed by atoms with Crippen molar-refractivity contribution in [3.8, 4) is 5.75 Å². The van der Waals surface area contributed by atoms with E-state index in [1.54, 1.807) is 7.11 Å². The van der Waals surface area contributed by atoms with E-state index in [1.807, 2.05) is 12.1 Å². The van der Waals surface area contributed by atoms with Crippen molar-refractivity contribution in [3.63, 3.8) is 0 Å². The van der Waals surface area contributed by atoms with Gasteiger partial charge in [-0.1, -0.05) is 51.1 Å². The van der Waals surface area contributed by atoms with E-state index in [2.05, 4.69) is 67.5 Å². The predicted molar refractivity (Wildman–Crippen MR) is 128 cm³/mol. The van der Waals surface area contributed by atoms with Crippen molar-refractivity contribution in [1.82, 2.24) is 15.3 Å². The summed E-state index contributed by atoms with van der Waals surface area (Å²) in [6.07, 6.45) is 2.93. The molecule has 2 aromatic heterocycles. The molecule has 1 atom stereocenters. The number of fused-ring (bicyclic) bond motifs is 5. The molecule has 4 nitrogen and oxygen atoms in total. The zero-order valence-corrected chi connectivity index (χ0v) is 18.9. The number of rotatable bonds is 5. The van der Waals surface area contributed by atoms with Gasteiger partial charge in [-0.2, -0.15) is 0 Å². The second-order valence-electron chi connectivity index (χ2n) is 9.52. The Bertz CT molecular complexity index is 1240. The molecule has 1 unspecified atom stereocenters. The highest BCUT2D eigenvalue weighted by Crippen LogP contribution is 2.45. The number of methoxy groups -OCH3 is 1. The first-order chi connectivity index (χ1) is 15.0. The van der Waals surface area contributed by atoms with Gasteiger partial charge in [0, 0.05) is 40.0 Å². The minimum atomic E-state index is 0.226. The number of aromatic nitrogens is 2. The summed E-state index contributed by atoms with van der Waals surface area (Å²) in [7, 11) is 1.70. The van der Waals surface area contributed by atoms with Crippen LogP contribution in [-0.2, 0) is 12.8 Å². The van der Waals surface area contributed by atoms with Crippen LogP contribution in [0.3, 0.4) is 0 Å². The van der Waals surface area contributed by atoms with Crippen LogP contribution in [-0.4, -0.2) is 23.6 Å². The smallest absolute Gasteiger partial charge is 0.118 e. The van der Waals surface area contributed by atoms with Crippen molar-refractivity contribution in [1.29, 1.82) is 0 Å². The van der Waals surface area contributed by atoms with Crippen LogP contribution in [0.25, 0.3) is 21.8 Å². The maximum absolute atomic E-state index is 5.33. The molecular weight excluding hydrogens is 382 g/mol. The molecule has 1 aliphatic carbocycles. The molecule has 5 rings (SSSR count). The fourth-order valence-electron chi connectivity index (χ4n) is 5.24. The van der Waals surface area contributed by atoms with Crippen molar-refractivity contribution in [3.05, 3.63) is 71.0 Å². The minimum absolute atomic E-state index is 0.226. The summed E-state index contributed by atoms with van der Waals surface area (Å²) in [6, 6.07) is 17.3.